The van der Waals surface area contributed by atoms with Crippen LogP contribution in [0.1, 0.15) is 44.5 Å². The molecule has 0 aliphatic carbocycles. The summed E-state index contributed by atoms with van der Waals surface area (Å²) in [7, 11) is 0. The molecule has 0 saturated heterocycles. The molecule has 0 spiro atoms. The minimum Gasteiger partial charge on any atom is -0.461 e. The Morgan fingerprint density at radius 3 is 2.43 bits per heavy atom. The summed E-state index contributed by atoms with van der Waals surface area (Å²) in [5.41, 5.74) is 3.66. The molecule has 2 aromatic rings. The maximum atomic E-state index is 12.3. The summed E-state index contributed by atoms with van der Waals surface area (Å²) in [5, 5.41) is 0. The number of nitrogens with one attached hydrogen (secondary N) is 1. The van der Waals surface area contributed by atoms with E-state index in [1.54, 1.807) is 20.0 Å². The van der Waals surface area contributed by atoms with Gasteiger partial charge in [-0.15, -0.1) is 0 Å². The molecule has 0 saturated carbocycles. The zero-order valence-corrected chi connectivity index (χ0v) is 12.5. The summed E-state index contributed by atoms with van der Waals surface area (Å²) < 4.78 is 4.95. The van der Waals surface area contributed by atoms with E-state index in [-0.39, 0.29) is 5.78 Å². The van der Waals surface area contributed by atoms with Crippen molar-refractivity contribution in [3.05, 3.63) is 58.4 Å². The number of Topliss-reactive ketones (excluding diaryl/α,β-unsaturated/α-hetero) is 1. The predicted molar refractivity (Wildman–Crippen MR) is 80.7 cm³/mol. The third kappa shape index (κ3) is 3.40. The topological polar surface area (TPSA) is 59.2 Å². The van der Waals surface area contributed by atoms with Crippen LogP contribution < -0.4 is 0 Å². The van der Waals surface area contributed by atoms with Gasteiger partial charge in [-0.3, -0.25) is 4.79 Å². The van der Waals surface area contributed by atoms with Crippen LogP contribution in [0.4, 0.5) is 0 Å². The Hall–Kier alpha value is -2.36. The van der Waals surface area contributed by atoms with Gasteiger partial charge in [0, 0.05) is 18.2 Å². The summed E-state index contributed by atoms with van der Waals surface area (Å²) >= 11 is 0. The molecular formula is C17H19NO3. The number of benzene rings is 1. The van der Waals surface area contributed by atoms with Crippen LogP contribution in [-0.2, 0) is 11.2 Å². The molecule has 1 aromatic carbocycles. The number of ketones is 1. The number of ether oxygens (including phenoxy) is 1. The predicted octanol–water partition coefficient (Wildman–Crippen LogP) is 3.23. The molecule has 110 valence electrons. The van der Waals surface area contributed by atoms with Crippen molar-refractivity contribution in [1.29, 1.82) is 0 Å². The molecule has 0 atom stereocenters. The quantitative estimate of drug-likeness (QED) is 0.677. The standard InChI is InChI=1S/C17H19NO3/c1-4-21-17(20)16-12(3)14(10-18-16)15(19)9-13-7-5-11(2)6-8-13/h5-8,10,18H,4,9H2,1-3H3. The smallest absolute Gasteiger partial charge is 0.355 e. The minimum atomic E-state index is -0.426. The van der Waals surface area contributed by atoms with Crippen LogP contribution in [0.5, 0.6) is 0 Å². The SMILES string of the molecule is CCOC(=O)c1[nH]cc(C(=O)Cc2ccc(C)cc2)c1C. The van der Waals surface area contributed by atoms with E-state index in [9.17, 15) is 9.59 Å². The first-order valence-corrected chi connectivity index (χ1v) is 6.96. The zero-order chi connectivity index (χ0) is 15.4. The zero-order valence-electron chi connectivity index (χ0n) is 12.5. The molecule has 0 radical (unpaired) electrons. The van der Waals surface area contributed by atoms with Crippen LogP contribution in [0.2, 0.25) is 0 Å². The number of aromatic amines is 1. The monoisotopic (exact) mass is 285 g/mol. The largest absolute Gasteiger partial charge is 0.461 e. The van der Waals surface area contributed by atoms with Crippen LogP contribution in [0, 0.1) is 13.8 Å². The van der Waals surface area contributed by atoms with Crippen LogP contribution in [0.3, 0.4) is 0 Å². The second-order valence-corrected chi connectivity index (χ2v) is 5.01. The molecule has 0 aliphatic rings. The van der Waals surface area contributed by atoms with E-state index in [0.29, 0.717) is 29.8 Å². The first kappa shape index (κ1) is 15.0. The number of carbonyl (C=O) groups is 2. The van der Waals surface area contributed by atoms with E-state index >= 15 is 0 Å². The van der Waals surface area contributed by atoms with Crippen molar-refractivity contribution in [3.63, 3.8) is 0 Å². The average Bonchev–Trinajstić information content (AvgIpc) is 2.83. The number of H-pyrrole nitrogens is 1. The Labute approximate surface area is 124 Å². The van der Waals surface area contributed by atoms with Crippen molar-refractivity contribution in [2.75, 3.05) is 6.61 Å². The lowest BCUT2D eigenvalue weighted by atomic mass is 10.0. The van der Waals surface area contributed by atoms with Gasteiger partial charge in [-0.05, 0) is 31.9 Å². The normalized spacial score (nSPS) is 10.4. The highest BCUT2D eigenvalue weighted by Gasteiger charge is 2.19. The van der Waals surface area contributed by atoms with Gasteiger partial charge in [-0.2, -0.15) is 0 Å². The summed E-state index contributed by atoms with van der Waals surface area (Å²) in [5.74, 6) is -0.437. The lowest BCUT2D eigenvalue weighted by Crippen LogP contribution is -2.08. The van der Waals surface area contributed by atoms with Gasteiger partial charge in [0.05, 0.1) is 6.61 Å². The van der Waals surface area contributed by atoms with Gasteiger partial charge in [0.25, 0.3) is 0 Å². The van der Waals surface area contributed by atoms with E-state index in [4.69, 9.17) is 4.74 Å². The van der Waals surface area contributed by atoms with Gasteiger partial charge in [-0.1, -0.05) is 29.8 Å². The van der Waals surface area contributed by atoms with Gasteiger partial charge in [0.2, 0.25) is 0 Å². The van der Waals surface area contributed by atoms with E-state index in [1.165, 1.54) is 0 Å². The Morgan fingerprint density at radius 1 is 1.14 bits per heavy atom. The van der Waals surface area contributed by atoms with Crippen LogP contribution >= 0.6 is 0 Å². The molecule has 0 amide bonds. The van der Waals surface area contributed by atoms with Crippen molar-refractivity contribution in [3.8, 4) is 0 Å². The van der Waals surface area contributed by atoms with Crippen molar-refractivity contribution in [2.24, 2.45) is 0 Å². The lowest BCUT2D eigenvalue weighted by Gasteiger charge is -2.03. The molecule has 21 heavy (non-hydrogen) atoms. The third-order valence-electron chi connectivity index (χ3n) is 3.41. The third-order valence-corrected chi connectivity index (χ3v) is 3.41. The molecule has 1 heterocycles. The number of hydrogen-bond donors (Lipinski definition) is 1. The highest BCUT2D eigenvalue weighted by molar-refractivity contribution is 6.02. The fourth-order valence-electron chi connectivity index (χ4n) is 2.19. The first-order chi connectivity index (χ1) is 10.0. The van der Waals surface area contributed by atoms with E-state index in [1.807, 2.05) is 31.2 Å². The fourth-order valence-corrected chi connectivity index (χ4v) is 2.19. The molecule has 1 aromatic heterocycles. The first-order valence-electron chi connectivity index (χ1n) is 6.96. The molecule has 0 fully saturated rings. The highest BCUT2D eigenvalue weighted by Crippen LogP contribution is 2.17. The maximum Gasteiger partial charge on any atom is 0.355 e. The van der Waals surface area contributed by atoms with Crippen molar-refractivity contribution in [1.82, 2.24) is 4.98 Å². The van der Waals surface area contributed by atoms with Gasteiger partial charge < -0.3 is 9.72 Å². The number of carbonyl (C=O) groups excluding carboxylic acids is 2. The number of hydrogen-bond acceptors (Lipinski definition) is 3. The summed E-state index contributed by atoms with van der Waals surface area (Å²) in [4.78, 5) is 26.9. The Morgan fingerprint density at radius 2 is 1.81 bits per heavy atom. The summed E-state index contributed by atoms with van der Waals surface area (Å²) in [6.45, 7) is 5.82. The Bertz CT molecular complexity index is 653. The number of rotatable bonds is 5. The molecular weight excluding hydrogens is 266 g/mol. The van der Waals surface area contributed by atoms with Gasteiger partial charge in [0.15, 0.2) is 5.78 Å². The van der Waals surface area contributed by atoms with E-state index in [2.05, 4.69) is 4.98 Å². The second-order valence-electron chi connectivity index (χ2n) is 5.01. The van der Waals surface area contributed by atoms with Crippen LogP contribution in [-0.4, -0.2) is 23.3 Å². The molecule has 4 heteroatoms. The number of esters is 1. The molecule has 4 nitrogen and oxygen atoms in total. The number of aryl methyl sites for hydroxylation is 1. The Balaban J connectivity index is 2.16. The van der Waals surface area contributed by atoms with E-state index in [0.717, 1.165) is 11.1 Å². The molecule has 0 unspecified atom stereocenters. The van der Waals surface area contributed by atoms with Crippen LogP contribution in [0.25, 0.3) is 0 Å². The summed E-state index contributed by atoms with van der Waals surface area (Å²) in [6.07, 6.45) is 1.90. The second kappa shape index (κ2) is 6.39. The fraction of sp³-hybridized carbons (Fsp3) is 0.294. The molecule has 1 N–H and O–H groups in total. The van der Waals surface area contributed by atoms with Crippen molar-refractivity contribution < 1.29 is 14.3 Å². The van der Waals surface area contributed by atoms with Crippen molar-refractivity contribution >= 4 is 11.8 Å². The average molecular weight is 285 g/mol. The highest BCUT2D eigenvalue weighted by atomic mass is 16.5. The van der Waals surface area contributed by atoms with Gasteiger partial charge in [-0.25, -0.2) is 4.79 Å². The van der Waals surface area contributed by atoms with Gasteiger partial charge >= 0.3 is 5.97 Å². The minimum absolute atomic E-state index is 0.0110. The lowest BCUT2D eigenvalue weighted by molar-refractivity contribution is 0.0519. The number of aromatic nitrogens is 1. The van der Waals surface area contributed by atoms with Gasteiger partial charge in [0.1, 0.15) is 5.69 Å². The maximum absolute atomic E-state index is 12.3. The molecule has 2 rings (SSSR count). The molecule has 0 bridgehead atoms. The Kier molecular flexibility index (Phi) is 4.58. The summed E-state index contributed by atoms with van der Waals surface area (Å²) in [6, 6.07) is 7.86. The van der Waals surface area contributed by atoms with E-state index < -0.39 is 5.97 Å². The molecule has 0 aliphatic heterocycles. The van der Waals surface area contributed by atoms with Crippen molar-refractivity contribution in [2.45, 2.75) is 27.2 Å². The van der Waals surface area contributed by atoms with Crippen LogP contribution in [0.15, 0.2) is 30.5 Å².